The Labute approximate surface area is 126 Å². The third-order valence-corrected chi connectivity index (χ3v) is 3.59. The van der Waals surface area contributed by atoms with Gasteiger partial charge in [0, 0.05) is 25.7 Å². The molecule has 0 aliphatic heterocycles. The van der Waals surface area contributed by atoms with Gasteiger partial charge in [0.25, 0.3) is 5.91 Å². The van der Waals surface area contributed by atoms with E-state index >= 15 is 0 Å². The highest BCUT2D eigenvalue weighted by molar-refractivity contribution is 7.18. The summed E-state index contributed by atoms with van der Waals surface area (Å²) >= 11 is 1.23. The average Bonchev–Trinajstić information content (AvgIpc) is 2.92. The van der Waals surface area contributed by atoms with E-state index in [9.17, 15) is 9.59 Å². The van der Waals surface area contributed by atoms with Crippen LogP contribution in [0.3, 0.4) is 0 Å². The average molecular weight is 305 g/mol. The molecule has 0 aromatic carbocycles. The van der Waals surface area contributed by atoms with Gasteiger partial charge >= 0.3 is 0 Å². The first kappa shape index (κ1) is 15.0. The molecule has 2 amide bonds. The number of nitrogens with one attached hydrogen (secondary N) is 2. The standard InChI is InChI=1S/C14H15N3O3S/c1-9(18)17-13-4-3-11(21-13)14(19)16-8-10-5-6-15-12(7-10)20-2/h3-7H,8H2,1-2H3,(H,16,19)(H,17,18). The van der Waals surface area contributed by atoms with E-state index in [1.165, 1.54) is 18.3 Å². The number of aromatic nitrogens is 1. The number of carbonyl (C=O) groups excluding carboxylic acids is 2. The highest BCUT2D eigenvalue weighted by Crippen LogP contribution is 2.21. The fraction of sp³-hybridized carbons (Fsp3) is 0.214. The number of thiophene rings is 1. The van der Waals surface area contributed by atoms with Crippen molar-refractivity contribution in [3.8, 4) is 5.88 Å². The lowest BCUT2D eigenvalue weighted by molar-refractivity contribution is -0.114. The van der Waals surface area contributed by atoms with Crippen LogP contribution in [0, 0.1) is 0 Å². The third-order valence-electron chi connectivity index (χ3n) is 2.59. The maximum absolute atomic E-state index is 12.0. The summed E-state index contributed by atoms with van der Waals surface area (Å²) in [6, 6.07) is 6.95. The Bertz CT molecular complexity index is 654. The van der Waals surface area contributed by atoms with Crippen molar-refractivity contribution < 1.29 is 14.3 Å². The number of rotatable bonds is 5. The first-order valence-electron chi connectivity index (χ1n) is 6.23. The molecule has 0 fully saturated rings. The van der Waals surface area contributed by atoms with Crippen molar-refractivity contribution in [1.29, 1.82) is 0 Å². The molecule has 0 unspecified atom stereocenters. The quantitative estimate of drug-likeness (QED) is 0.886. The predicted molar refractivity (Wildman–Crippen MR) is 80.6 cm³/mol. The Hall–Kier alpha value is -2.41. The molecule has 2 aromatic heterocycles. The van der Waals surface area contributed by atoms with E-state index in [-0.39, 0.29) is 11.8 Å². The van der Waals surface area contributed by atoms with Crippen LogP contribution in [0.1, 0.15) is 22.2 Å². The van der Waals surface area contributed by atoms with Crippen molar-refractivity contribution >= 4 is 28.2 Å². The molecule has 0 radical (unpaired) electrons. The molecule has 2 rings (SSSR count). The predicted octanol–water partition coefficient (Wildman–Crippen LogP) is 2.04. The Kier molecular flexibility index (Phi) is 4.89. The smallest absolute Gasteiger partial charge is 0.261 e. The molecule has 2 N–H and O–H groups in total. The van der Waals surface area contributed by atoms with Crippen LogP contribution in [0.2, 0.25) is 0 Å². The van der Waals surface area contributed by atoms with E-state index < -0.39 is 0 Å². The number of nitrogens with zero attached hydrogens (tertiary/aromatic N) is 1. The number of carbonyl (C=O) groups is 2. The Morgan fingerprint density at radius 3 is 2.86 bits per heavy atom. The molecule has 0 atom stereocenters. The molecule has 6 nitrogen and oxygen atoms in total. The second-order valence-electron chi connectivity index (χ2n) is 4.23. The van der Waals surface area contributed by atoms with Crippen molar-refractivity contribution in [1.82, 2.24) is 10.3 Å². The van der Waals surface area contributed by atoms with E-state index in [0.29, 0.717) is 22.3 Å². The van der Waals surface area contributed by atoms with Gasteiger partial charge in [-0.2, -0.15) is 0 Å². The van der Waals surface area contributed by atoms with E-state index in [1.807, 2.05) is 0 Å². The molecule has 2 heterocycles. The lowest BCUT2D eigenvalue weighted by atomic mass is 10.2. The normalized spacial score (nSPS) is 10.0. The van der Waals surface area contributed by atoms with Gasteiger partial charge in [0.15, 0.2) is 0 Å². The molecule has 0 saturated carbocycles. The van der Waals surface area contributed by atoms with Gasteiger partial charge in [-0.1, -0.05) is 0 Å². The van der Waals surface area contributed by atoms with Gasteiger partial charge < -0.3 is 15.4 Å². The van der Waals surface area contributed by atoms with Crippen LogP contribution in [0.25, 0.3) is 0 Å². The summed E-state index contributed by atoms with van der Waals surface area (Å²) in [6.07, 6.45) is 1.63. The Morgan fingerprint density at radius 2 is 2.14 bits per heavy atom. The molecular formula is C14H15N3O3S. The lowest BCUT2D eigenvalue weighted by Gasteiger charge is -2.05. The van der Waals surface area contributed by atoms with Gasteiger partial charge in [0.2, 0.25) is 11.8 Å². The molecule has 7 heteroatoms. The van der Waals surface area contributed by atoms with Crippen LogP contribution in [0.4, 0.5) is 5.00 Å². The van der Waals surface area contributed by atoms with Crippen molar-refractivity contribution in [2.75, 3.05) is 12.4 Å². The Balaban J connectivity index is 1.94. The summed E-state index contributed by atoms with van der Waals surface area (Å²) in [6.45, 7) is 1.81. The molecule has 110 valence electrons. The van der Waals surface area contributed by atoms with Gasteiger partial charge in [0.05, 0.1) is 17.0 Å². The van der Waals surface area contributed by atoms with Gasteiger partial charge in [-0.25, -0.2) is 4.98 Å². The van der Waals surface area contributed by atoms with Crippen LogP contribution < -0.4 is 15.4 Å². The van der Waals surface area contributed by atoms with Gasteiger partial charge in [-0.05, 0) is 23.8 Å². The molecule has 0 bridgehead atoms. The molecule has 0 saturated heterocycles. The van der Waals surface area contributed by atoms with Crippen molar-refractivity contribution in [3.63, 3.8) is 0 Å². The first-order valence-corrected chi connectivity index (χ1v) is 7.04. The highest BCUT2D eigenvalue weighted by Gasteiger charge is 2.09. The largest absolute Gasteiger partial charge is 0.481 e. The van der Waals surface area contributed by atoms with Gasteiger partial charge in [0.1, 0.15) is 0 Å². The number of ether oxygens (including phenoxy) is 1. The van der Waals surface area contributed by atoms with E-state index in [0.717, 1.165) is 5.56 Å². The van der Waals surface area contributed by atoms with Crippen LogP contribution in [0.15, 0.2) is 30.5 Å². The van der Waals surface area contributed by atoms with Crippen LogP contribution in [0.5, 0.6) is 5.88 Å². The minimum absolute atomic E-state index is 0.160. The SMILES string of the molecule is COc1cc(CNC(=O)c2ccc(NC(C)=O)s2)ccn1. The van der Waals surface area contributed by atoms with Crippen LogP contribution >= 0.6 is 11.3 Å². The van der Waals surface area contributed by atoms with Crippen molar-refractivity contribution in [2.24, 2.45) is 0 Å². The number of methoxy groups -OCH3 is 1. The van der Waals surface area contributed by atoms with Crippen LogP contribution in [-0.4, -0.2) is 23.9 Å². The maximum atomic E-state index is 12.0. The zero-order chi connectivity index (χ0) is 15.2. The number of hydrogen-bond donors (Lipinski definition) is 2. The molecular weight excluding hydrogens is 290 g/mol. The topological polar surface area (TPSA) is 80.3 Å². The first-order chi connectivity index (χ1) is 10.1. The summed E-state index contributed by atoms with van der Waals surface area (Å²) in [7, 11) is 1.54. The molecule has 21 heavy (non-hydrogen) atoms. The summed E-state index contributed by atoms with van der Waals surface area (Å²) < 4.78 is 5.02. The van der Waals surface area contributed by atoms with E-state index in [2.05, 4.69) is 15.6 Å². The zero-order valence-electron chi connectivity index (χ0n) is 11.7. The van der Waals surface area contributed by atoms with Gasteiger partial charge in [-0.15, -0.1) is 11.3 Å². The van der Waals surface area contributed by atoms with Crippen molar-refractivity contribution in [2.45, 2.75) is 13.5 Å². The summed E-state index contributed by atoms with van der Waals surface area (Å²) in [5.74, 6) is 0.158. The number of amides is 2. The van der Waals surface area contributed by atoms with Crippen molar-refractivity contribution in [3.05, 3.63) is 40.9 Å². The molecule has 2 aromatic rings. The molecule has 0 aliphatic carbocycles. The monoisotopic (exact) mass is 305 g/mol. The number of anilines is 1. The fourth-order valence-electron chi connectivity index (χ4n) is 1.64. The minimum Gasteiger partial charge on any atom is -0.481 e. The molecule has 0 spiro atoms. The lowest BCUT2D eigenvalue weighted by Crippen LogP contribution is -2.21. The van der Waals surface area contributed by atoms with E-state index in [4.69, 9.17) is 4.74 Å². The second-order valence-corrected chi connectivity index (χ2v) is 5.32. The molecule has 0 aliphatic rings. The Morgan fingerprint density at radius 1 is 1.33 bits per heavy atom. The highest BCUT2D eigenvalue weighted by atomic mass is 32.1. The second kappa shape index (κ2) is 6.85. The van der Waals surface area contributed by atoms with E-state index in [1.54, 1.807) is 37.6 Å². The number of hydrogen-bond acceptors (Lipinski definition) is 5. The summed E-state index contributed by atoms with van der Waals surface area (Å²) in [5.41, 5.74) is 0.897. The fourth-order valence-corrected chi connectivity index (χ4v) is 2.51. The number of pyridine rings is 1. The summed E-state index contributed by atoms with van der Waals surface area (Å²) in [4.78, 5) is 27.5. The minimum atomic E-state index is -0.188. The van der Waals surface area contributed by atoms with Gasteiger partial charge in [-0.3, -0.25) is 9.59 Å². The zero-order valence-corrected chi connectivity index (χ0v) is 12.5. The summed E-state index contributed by atoms with van der Waals surface area (Å²) in [5, 5.41) is 6.10. The third kappa shape index (κ3) is 4.28. The van der Waals surface area contributed by atoms with Crippen LogP contribution in [-0.2, 0) is 11.3 Å². The maximum Gasteiger partial charge on any atom is 0.261 e.